The molecule has 0 atom stereocenters. The average Bonchev–Trinajstić information content (AvgIpc) is 2.42. The number of nitrogens with zero attached hydrogens (tertiary/aromatic N) is 2. The molecule has 0 aliphatic heterocycles. The fraction of sp³-hybridized carbons (Fsp3) is 0.231. The van der Waals surface area contributed by atoms with Crippen molar-refractivity contribution in [2.24, 2.45) is 5.84 Å². The molecule has 0 saturated carbocycles. The predicted molar refractivity (Wildman–Crippen MR) is 75.6 cm³/mol. The van der Waals surface area contributed by atoms with Crippen LogP contribution in [-0.4, -0.2) is 17.1 Å². The number of benzene rings is 1. The van der Waals surface area contributed by atoms with E-state index in [1.54, 1.807) is 7.11 Å². The number of nitrogens with two attached hydrogens (primary N) is 1. The fourth-order valence-corrected chi connectivity index (χ4v) is 1.73. The van der Waals surface area contributed by atoms with Crippen LogP contribution in [0.5, 0.6) is 5.75 Å². The van der Waals surface area contributed by atoms with E-state index in [2.05, 4.69) is 20.7 Å². The maximum absolute atomic E-state index is 5.44. The smallest absolute Gasteiger partial charge is 0.148 e. The number of aromatic nitrogens is 2. The minimum atomic E-state index is 0.609. The lowest BCUT2D eigenvalue weighted by Gasteiger charge is -2.13. The first kappa shape index (κ1) is 13.1. The lowest BCUT2D eigenvalue weighted by Crippen LogP contribution is -2.13. The molecule has 2 rings (SSSR count). The fourth-order valence-electron chi connectivity index (χ4n) is 1.73. The quantitative estimate of drug-likeness (QED) is 0.576. The number of hydrogen-bond acceptors (Lipinski definition) is 6. The molecule has 0 aliphatic rings. The second-order valence-corrected chi connectivity index (χ2v) is 4.09. The van der Waals surface area contributed by atoms with Gasteiger partial charge >= 0.3 is 0 Å². The van der Waals surface area contributed by atoms with Crippen LogP contribution in [0, 0.1) is 13.8 Å². The summed E-state index contributed by atoms with van der Waals surface area (Å²) in [5.74, 6) is 8.19. The molecular weight excluding hydrogens is 242 g/mol. The summed E-state index contributed by atoms with van der Waals surface area (Å²) in [6.07, 6.45) is 0. The van der Waals surface area contributed by atoms with E-state index in [9.17, 15) is 0 Å². The highest BCUT2D eigenvalue weighted by Gasteiger charge is 2.08. The highest BCUT2D eigenvalue weighted by Crippen LogP contribution is 2.25. The molecule has 2 aromatic rings. The lowest BCUT2D eigenvalue weighted by molar-refractivity contribution is 0.415. The third-order valence-corrected chi connectivity index (χ3v) is 2.73. The first-order chi connectivity index (χ1) is 9.13. The molecule has 0 spiro atoms. The molecule has 0 unspecified atom stereocenters. The Morgan fingerprint density at radius 3 is 2.58 bits per heavy atom. The molecule has 100 valence electrons. The van der Waals surface area contributed by atoms with Gasteiger partial charge in [-0.1, -0.05) is 6.07 Å². The molecule has 6 nitrogen and oxygen atoms in total. The topological polar surface area (TPSA) is 85.1 Å². The van der Waals surface area contributed by atoms with Crippen LogP contribution in [0.1, 0.15) is 11.4 Å². The summed E-state index contributed by atoms with van der Waals surface area (Å²) >= 11 is 0. The van der Waals surface area contributed by atoms with Gasteiger partial charge in [0.1, 0.15) is 23.2 Å². The van der Waals surface area contributed by atoms with E-state index >= 15 is 0 Å². The Hall–Kier alpha value is -2.34. The van der Waals surface area contributed by atoms with E-state index in [4.69, 9.17) is 10.6 Å². The third-order valence-electron chi connectivity index (χ3n) is 2.73. The number of hydrogen-bond donors (Lipinski definition) is 3. The number of aryl methyl sites for hydroxylation is 1. The Balaban J connectivity index is 2.34. The molecule has 0 amide bonds. The van der Waals surface area contributed by atoms with E-state index < -0.39 is 0 Å². The Bertz CT molecular complexity index is 585. The van der Waals surface area contributed by atoms with Gasteiger partial charge in [-0.15, -0.1) is 0 Å². The highest BCUT2D eigenvalue weighted by molar-refractivity contribution is 5.65. The zero-order chi connectivity index (χ0) is 13.8. The number of nitrogens with one attached hydrogen (secondary N) is 2. The van der Waals surface area contributed by atoms with Crippen LogP contribution < -0.4 is 21.3 Å². The van der Waals surface area contributed by atoms with Gasteiger partial charge in [0.15, 0.2) is 0 Å². The SMILES string of the molecule is COc1cccc(Nc2nc(C)nc(NN)c2C)c1. The van der Waals surface area contributed by atoms with Crippen LogP contribution in [0.15, 0.2) is 24.3 Å². The molecule has 6 heteroatoms. The van der Waals surface area contributed by atoms with Crippen LogP contribution in [0.25, 0.3) is 0 Å². The van der Waals surface area contributed by atoms with Gasteiger partial charge in [0.05, 0.1) is 7.11 Å². The Morgan fingerprint density at radius 1 is 1.16 bits per heavy atom. The van der Waals surface area contributed by atoms with Crippen LogP contribution in [-0.2, 0) is 0 Å². The van der Waals surface area contributed by atoms with E-state index in [-0.39, 0.29) is 0 Å². The lowest BCUT2D eigenvalue weighted by atomic mass is 10.2. The molecule has 1 aromatic heterocycles. The summed E-state index contributed by atoms with van der Waals surface area (Å²) in [5.41, 5.74) is 4.32. The van der Waals surface area contributed by atoms with E-state index in [0.29, 0.717) is 17.5 Å². The number of methoxy groups -OCH3 is 1. The number of rotatable bonds is 4. The number of nitrogen functional groups attached to an aromatic ring is 1. The molecule has 0 aliphatic carbocycles. The summed E-state index contributed by atoms with van der Waals surface area (Å²) in [6.45, 7) is 3.72. The van der Waals surface area contributed by atoms with Crippen molar-refractivity contribution in [1.29, 1.82) is 0 Å². The van der Waals surface area contributed by atoms with Crippen molar-refractivity contribution in [3.05, 3.63) is 35.7 Å². The van der Waals surface area contributed by atoms with Gasteiger partial charge in [0, 0.05) is 17.3 Å². The van der Waals surface area contributed by atoms with E-state index in [0.717, 1.165) is 17.0 Å². The largest absolute Gasteiger partial charge is 0.497 e. The number of anilines is 3. The monoisotopic (exact) mass is 259 g/mol. The maximum Gasteiger partial charge on any atom is 0.148 e. The summed E-state index contributed by atoms with van der Waals surface area (Å²) in [7, 11) is 1.63. The zero-order valence-electron chi connectivity index (χ0n) is 11.2. The second-order valence-electron chi connectivity index (χ2n) is 4.09. The molecule has 0 fully saturated rings. The molecule has 19 heavy (non-hydrogen) atoms. The van der Waals surface area contributed by atoms with Crippen molar-refractivity contribution in [2.45, 2.75) is 13.8 Å². The molecule has 1 heterocycles. The van der Waals surface area contributed by atoms with Crippen LogP contribution >= 0.6 is 0 Å². The minimum absolute atomic E-state index is 0.609. The van der Waals surface area contributed by atoms with E-state index in [1.807, 2.05) is 38.1 Å². The number of hydrazine groups is 1. The molecule has 0 bridgehead atoms. The van der Waals surface area contributed by atoms with Crippen molar-refractivity contribution >= 4 is 17.3 Å². The first-order valence-corrected chi connectivity index (χ1v) is 5.87. The van der Waals surface area contributed by atoms with Gasteiger partial charge in [-0.2, -0.15) is 0 Å². The van der Waals surface area contributed by atoms with Crippen LogP contribution in [0.2, 0.25) is 0 Å². The normalized spacial score (nSPS) is 10.1. The summed E-state index contributed by atoms with van der Waals surface area (Å²) < 4.78 is 5.19. The highest BCUT2D eigenvalue weighted by atomic mass is 16.5. The van der Waals surface area contributed by atoms with E-state index in [1.165, 1.54) is 0 Å². The van der Waals surface area contributed by atoms with Gasteiger partial charge in [-0.3, -0.25) is 0 Å². The summed E-state index contributed by atoms with van der Waals surface area (Å²) in [4.78, 5) is 8.59. The first-order valence-electron chi connectivity index (χ1n) is 5.87. The molecule has 4 N–H and O–H groups in total. The standard InChI is InChI=1S/C13H17N5O/c1-8-12(15-9(2)16-13(8)18-14)17-10-5-4-6-11(7-10)19-3/h4-7H,14H2,1-3H3,(H2,15,16,17,18). The second kappa shape index (κ2) is 5.53. The molecule has 0 saturated heterocycles. The van der Waals surface area contributed by atoms with Gasteiger partial charge in [0.25, 0.3) is 0 Å². The van der Waals surface area contributed by atoms with Crippen molar-refractivity contribution < 1.29 is 4.74 Å². The predicted octanol–water partition coefficient (Wildman–Crippen LogP) is 2.13. The molecule has 0 radical (unpaired) electrons. The van der Waals surface area contributed by atoms with Crippen molar-refractivity contribution in [3.63, 3.8) is 0 Å². The van der Waals surface area contributed by atoms with Crippen molar-refractivity contribution in [1.82, 2.24) is 9.97 Å². The van der Waals surface area contributed by atoms with Gasteiger partial charge in [-0.25, -0.2) is 15.8 Å². The molecule has 1 aromatic carbocycles. The maximum atomic E-state index is 5.44. The van der Waals surface area contributed by atoms with Gasteiger partial charge in [-0.05, 0) is 26.0 Å². The van der Waals surface area contributed by atoms with Crippen LogP contribution in [0.4, 0.5) is 17.3 Å². The Kier molecular flexibility index (Phi) is 3.82. The van der Waals surface area contributed by atoms with Gasteiger partial charge < -0.3 is 15.5 Å². The summed E-state index contributed by atoms with van der Waals surface area (Å²) in [5, 5.41) is 3.24. The van der Waals surface area contributed by atoms with Crippen LogP contribution in [0.3, 0.4) is 0 Å². The Labute approximate surface area is 112 Å². The number of ether oxygens (including phenoxy) is 1. The Morgan fingerprint density at radius 2 is 1.89 bits per heavy atom. The molecular formula is C13H17N5O. The van der Waals surface area contributed by atoms with Crippen molar-refractivity contribution in [2.75, 3.05) is 17.9 Å². The third kappa shape index (κ3) is 2.92. The minimum Gasteiger partial charge on any atom is -0.497 e. The van der Waals surface area contributed by atoms with Crippen molar-refractivity contribution in [3.8, 4) is 5.75 Å². The van der Waals surface area contributed by atoms with Gasteiger partial charge in [0.2, 0.25) is 0 Å². The zero-order valence-corrected chi connectivity index (χ0v) is 11.2. The summed E-state index contributed by atoms with van der Waals surface area (Å²) in [6, 6.07) is 7.63. The average molecular weight is 259 g/mol.